The molecule has 41 nitrogen and oxygen atoms in total. The fourth-order valence-corrected chi connectivity index (χ4v) is 11.6. The molecule has 0 spiro atoms. The van der Waals surface area contributed by atoms with Crippen molar-refractivity contribution in [3.63, 3.8) is 0 Å². The maximum absolute atomic E-state index is 14.7. The molecular formula is C87H144N4O37. The number of rotatable bonds is 84. The summed E-state index contributed by atoms with van der Waals surface area (Å²) >= 11 is 0. The van der Waals surface area contributed by atoms with Gasteiger partial charge < -0.3 is 160 Å². The van der Waals surface area contributed by atoms with E-state index < -0.39 is 101 Å². The molecule has 5 amide bonds. The third-order valence-corrected chi connectivity index (χ3v) is 18.5. The Morgan fingerprint density at radius 2 is 0.766 bits per heavy atom. The van der Waals surface area contributed by atoms with Crippen LogP contribution < -0.4 is 25.4 Å². The van der Waals surface area contributed by atoms with E-state index >= 15 is 0 Å². The SMILES string of the molecule is COCCOCCOCCOCCOCCOCCOCCOCCOCCOCCOCCOc1ccc(C[C@@H](C(=O)N[C@H](C(=O)N[C@@H](C)C(=O)Nc2ccc(COC(=O)C(C)(C)C)c(CC[C@@H]3O[C@H](C(=O)O)[C@@H](O)[C@H](O)[C@H]3O)c2)C(C)C)N2C(=O)C=CC2=O)cc1OCCOCCOCCOCCOCCOCCOCCOCCOCCOCCOCCOC. The van der Waals surface area contributed by atoms with E-state index in [-0.39, 0.29) is 90.2 Å². The molecule has 8 atom stereocenters. The first kappa shape index (κ1) is 114. The number of methoxy groups -OCH3 is 2. The zero-order chi connectivity index (χ0) is 92.9. The number of hydrogen-bond donors (Lipinski definition) is 7. The number of amides is 5. The van der Waals surface area contributed by atoms with Crippen molar-refractivity contribution in [2.45, 2.75) is 116 Å². The molecule has 0 bridgehead atoms. The van der Waals surface area contributed by atoms with Crippen molar-refractivity contribution in [1.82, 2.24) is 15.5 Å². The summed E-state index contributed by atoms with van der Waals surface area (Å²) in [5, 5.41) is 49.3. The number of carboxylic acids is 1. The lowest BCUT2D eigenvalue weighted by atomic mass is 9.91. The van der Waals surface area contributed by atoms with Crippen LogP contribution in [-0.2, 0) is 167 Å². The molecule has 2 aromatic rings. The standard InChI is InChI=1S/C87H144N4O37/c1-65(2)77(84(99)88-66(3)82(97)89-70-12-10-69(64-127-86(102)87(4,5)6)68(63-70)11-14-73-78(94)79(95)80(96)81(128-73)85(100)101)90-83(98)71(91-75(92)15-16-76(91)93)61-67-9-13-72(125-59-57-123-55-53-121-51-49-119-47-45-117-43-41-115-39-37-113-35-33-111-31-29-109-27-25-107-23-21-105-19-17-103-7)74(62-67)126-60-58-124-56-54-122-52-50-120-48-46-118-44-42-116-40-38-114-36-34-112-32-30-110-28-26-108-24-22-106-20-18-104-8/h9-10,12-13,15-16,62-63,65-66,71,73,77-81,94-96H,11,14,17-61,64H2,1-8H3,(H,88,99)(H,89,97)(H,90,98)(H,100,101)/t66-,71-,73-,77-,78-,79+,80-,81-/m0/s1. The zero-order valence-corrected chi connectivity index (χ0v) is 76.0. The number of aliphatic hydroxyl groups is 3. The predicted molar refractivity (Wildman–Crippen MR) is 457 cm³/mol. The van der Waals surface area contributed by atoms with Crippen LogP contribution in [-0.4, -0.2) is 420 Å². The Hall–Kier alpha value is -6.77. The van der Waals surface area contributed by atoms with Crippen LogP contribution in [0.5, 0.6) is 11.5 Å². The highest BCUT2D eigenvalue weighted by Crippen LogP contribution is 2.31. The van der Waals surface area contributed by atoms with Crippen molar-refractivity contribution in [2.24, 2.45) is 11.3 Å². The van der Waals surface area contributed by atoms with Crippen molar-refractivity contribution in [3.8, 4) is 11.5 Å². The Morgan fingerprint density at radius 3 is 1.11 bits per heavy atom. The molecule has 2 aliphatic heterocycles. The average Bonchev–Trinajstić information content (AvgIpc) is 1.02. The molecule has 7 N–H and O–H groups in total. The van der Waals surface area contributed by atoms with Crippen molar-refractivity contribution in [2.75, 3.05) is 310 Å². The normalized spacial score (nSPS) is 16.6. The van der Waals surface area contributed by atoms with Crippen molar-refractivity contribution >= 4 is 47.2 Å². The highest BCUT2D eigenvalue weighted by Gasteiger charge is 2.47. The number of carbonyl (C=O) groups is 7. The number of carbonyl (C=O) groups excluding carboxylic acids is 6. The summed E-state index contributed by atoms with van der Waals surface area (Å²) in [5.74, 6) is -6.07. The zero-order valence-electron chi connectivity index (χ0n) is 76.0. The van der Waals surface area contributed by atoms with E-state index in [1.165, 1.54) is 13.0 Å². The smallest absolute Gasteiger partial charge is 0.335 e. The topological polar surface area (TPSA) is 480 Å². The first-order chi connectivity index (χ1) is 62.1. The lowest BCUT2D eigenvalue weighted by Crippen LogP contribution is -2.59. The molecule has 0 aromatic heterocycles. The van der Waals surface area contributed by atoms with Gasteiger partial charge in [0.05, 0.1) is 289 Å². The van der Waals surface area contributed by atoms with Gasteiger partial charge in [0.25, 0.3) is 11.8 Å². The van der Waals surface area contributed by atoms with Crippen molar-refractivity contribution in [1.29, 1.82) is 0 Å². The van der Waals surface area contributed by atoms with Gasteiger partial charge in [-0.25, -0.2) is 4.79 Å². The number of benzene rings is 2. The van der Waals surface area contributed by atoms with Gasteiger partial charge in [-0.2, -0.15) is 0 Å². The molecule has 4 rings (SSSR count). The molecule has 0 saturated carbocycles. The summed E-state index contributed by atoms with van der Waals surface area (Å²) in [4.78, 5) is 95.2. The van der Waals surface area contributed by atoms with Gasteiger partial charge >= 0.3 is 11.9 Å². The summed E-state index contributed by atoms with van der Waals surface area (Å²) in [7, 11) is 3.25. The second-order valence-electron chi connectivity index (χ2n) is 30.0. The fourth-order valence-electron chi connectivity index (χ4n) is 11.6. The lowest BCUT2D eigenvalue weighted by Gasteiger charge is -2.39. The lowest BCUT2D eigenvalue weighted by molar-refractivity contribution is -0.228. The van der Waals surface area contributed by atoms with Gasteiger partial charge in [-0.1, -0.05) is 26.0 Å². The van der Waals surface area contributed by atoms with Crippen LogP contribution in [0.15, 0.2) is 48.6 Å². The number of ether oxygens (including phenoxy) is 26. The highest BCUT2D eigenvalue weighted by molar-refractivity contribution is 6.15. The number of esters is 1. The Bertz CT molecular complexity index is 3270. The van der Waals surface area contributed by atoms with Crippen molar-refractivity contribution < 1.29 is 177 Å². The number of imide groups is 1. The number of aryl methyl sites for hydroxylation is 1. The second kappa shape index (κ2) is 72.8. The molecule has 0 radical (unpaired) electrons. The minimum atomic E-state index is -1.90. The number of anilines is 1. The summed E-state index contributed by atoms with van der Waals surface area (Å²) in [5.41, 5.74) is 0.732. The number of hydrogen-bond acceptors (Lipinski definition) is 36. The molecule has 0 unspecified atom stereocenters. The van der Waals surface area contributed by atoms with E-state index in [2.05, 4.69) is 16.0 Å². The molecule has 2 aliphatic rings. The minimum Gasteiger partial charge on any atom is -0.487 e. The van der Waals surface area contributed by atoms with Gasteiger partial charge in [-0.3, -0.25) is 33.7 Å². The molecule has 128 heavy (non-hydrogen) atoms. The third-order valence-electron chi connectivity index (χ3n) is 18.5. The summed E-state index contributed by atoms with van der Waals surface area (Å²) < 4.78 is 144. The van der Waals surface area contributed by atoms with E-state index in [1.54, 1.807) is 79.2 Å². The summed E-state index contributed by atoms with van der Waals surface area (Å²) in [6.45, 7) is 26.8. The number of nitrogens with zero attached hydrogens (tertiary/aromatic N) is 1. The second-order valence-corrected chi connectivity index (χ2v) is 30.0. The largest absolute Gasteiger partial charge is 0.487 e. The molecule has 41 heteroatoms. The quantitative estimate of drug-likeness (QED) is 0.0277. The van der Waals surface area contributed by atoms with E-state index in [1.807, 2.05) is 0 Å². The van der Waals surface area contributed by atoms with Gasteiger partial charge in [0.15, 0.2) is 17.6 Å². The fraction of sp³-hybridized carbons (Fsp3) is 0.759. The van der Waals surface area contributed by atoms with Crippen LogP contribution in [0.1, 0.15) is 64.7 Å². The van der Waals surface area contributed by atoms with E-state index in [9.17, 15) is 54.0 Å². The molecule has 2 aromatic carbocycles. The number of carboxylic acid groups (broad SMARTS) is 1. The minimum absolute atomic E-state index is 0.0288. The first-order valence-corrected chi connectivity index (χ1v) is 43.7. The average molecular weight is 1840 g/mol. The molecule has 0 aliphatic carbocycles. The Morgan fingerprint density at radius 1 is 0.414 bits per heavy atom. The molecule has 1 fully saturated rings. The van der Waals surface area contributed by atoms with Crippen LogP contribution in [0.25, 0.3) is 0 Å². The van der Waals surface area contributed by atoms with E-state index in [4.69, 9.17) is 123 Å². The number of aliphatic carboxylic acids is 1. The predicted octanol–water partition coefficient (Wildman–Crippen LogP) is 1.15. The van der Waals surface area contributed by atoms with Gasteiger partial charge in [0.2, 0.25) is 17.7 Å². The van der Waals surface area contributed by atoms with E-state index in [0.717, 1.165) is 17.1 Å². The molecule has 734 valence electrons. The monoisotopic (exact) mass is 1840 g/mol. The Balaban J connectivity index is 1.23. The molecular weight excluding hydrogens is 1690 g/mol. The Labute approximate surface area is 751 Å². The third kappa shape index (κ3) is 52.5. The van der Waals surface area contributed by atoms with Gasteiger partial charge in [-0.15, -0.1) is 0 Å². The van der Waals surface area contributed by atoms with Crippen LogP contribution in [0.4, 0.5) is 5.69 Å². The first-order valence-electron chi connectivity index (χ1n) is 43.7. The maximum atomic E-state index is 14.7. The van der Waals surface area contributed by atoms with Crippen LogP contribution >= 0.6 is 0 Å². The van der Waals surface area contributed by atoms with Gasteiger partial charge in [0, 0.05) is 38.5 Å². The Kier molecular flexibility index (Phi) is 64.6. The molecule has 2 heterocycles. The van der Waals surface area contributed by atoms with Crippen LogP contribution in [0.3, 0.4) is 0 Å². The summed E-state index contributed by atoms with van der Waals surface area (Å²) in [6, 6.07) is 5.43. The molecule has 1 saturated heterocycles. The number of aliphatic hydroxyl groups excluding tert-OH is 3. The van der Waals surface area contributed by atoms with Crippen molar-refractivity contribution in [3.05, 3.63) is 65.2 Å². The number of nitrogens with one attached hydrogen (secondary N) is 3. The van der Waals surface area contributed by atoms with E-state index in [0.29, 0.717) is 260 Å². The highest BCUT2D eigenvalue weighted by atomic mass is 16.6. The van der Waals surface area contributed by atoms with Gasteiger partial charge in [-0.05, 0) is 87.4 Å². The summed E-state index contributed by atoms with van der Waals surface area (Å²) in [6.07, 6.45) is -6.73. The van der Waals surface area contributed by atoms with Gasteiger partial charge in [0.1, 0.15) is 56.3 Å². The van der Waals surface area contributed by atoms with Crippen LogP contribution in [0.2, 0.25) is 0 Å². The van der Waals surface area contributed by atoms with Crippen LogP contribution in [0, 0.1) is 11.3 Å². The maximum Gasteiger partial charge on any atom is 0.335 e.